The van der Waals surface area contributed by atoms with E-state index < -0.39 is 46.8 Å². The highest BCUT2D eigenvalue weighted by Gasteiger charge is 2.15. The van der Waals surface area contributed by atoms with Crippen LogP contribution < -0.4 is 26.4 Å². The van der Waals surface area contributed by atoms with E-state index in [9.17, 15) is 22.8 Å². The van der Waals surface area contributed by atoms with Gasteiger partial charge < -0.3 is 21.1 Å². The molecule has 14 heteroatoms. The van der Waals surface area contributed by atoms with E-state index >= 15 is 0 Å². The van der Waals surface area contributed by atoms with Gasteiger partial charge in [-0.05, 0) is 35.9 Å². The Labute approximate surface area is 212 Å². The summed E-state index contributed by atoms with van der Waals surface area (Å²) in [7, 11) is -3.82. The van der Waals surface area contributed by atoms with Crippen LogP contribution in [0.2, 0.25) is 0 Å². The smallest absolute Gasteiger partial charge is 0.306 e. The highest BCUT2D eigenvalue weighted by molar-refractivity contribution is 7.89. The zero-order valence-corrected chi connectivity index (χ0v) is 20.1. The van der Waals surface area contributed by atoms with Gasteiger partial charge in [0.15, 0.2) is 6.19 Å². The fraction of sp³-hybridized carbons (Fsp3) is 0.174. The van der Waals surface area contributed by atoms with Gasteiger partial charge in [0, 0.05) is 11.3 Å². The summed E-state index contributed by atoms with van der Waals surface area (Å²) in [6.07, 6.45) is 6.48. The summed E-state index contributed by atoms with van der Waals surface area (Å²) in [5, 5.41) is 32.8. The Morgan fingerprint density at radius 2 is 1.86 bits per heavy atom. The summed E-state index contributed by atoms with van der Waals surface area (Å²) < 4.78 is 22.7. The third kappa shape index (κ3) is 9.69. The minimum absolute atomic E-state index is 0.0441. The lowest BCUT2D eigenvalue weighted by Gasteiger charge is -2.12. The number of nitrogens with one attached hydrogen (secondary N) is 4. The molecule has 0 aliphatic heterocycles. The van der Waals surface area contributed by atoms with Crippen molar-refractivity contribution in [1.82, 2.24) is 16.0 Å². The van der Waals surface area contributed by atoms with Crippen molar-refractivity contribution in [3.63, 3.8) is 0 Å². The van der Waals surface area contributed by atoms with Crippen molar-refractivity contribution in [2.45, 2.75) is 23.9 Å². The number of hydrogen-bond donors (Lipinski definition) is 6. The van der Waals surface area contributed by atoms with Crippen molar-refractivity contribution in [2.24, 2.45) is 10.1 Å². The molecule has 0 saturated carbocycles. The molecule has 1 atom stereocenters. The summed E-state index contributed by atoms with van der Waals surface area (Å²) in [5.41, 5.74) is 1.23. The van der Waals surface area contributed by atoms with Crippen molar-refractivity contribution in [3.8, 4) is 18.5 Å². The Bertz CT molecular complexity index is 1380. The molecule has 192 valence electrons. The van der Waals surface area contributed by atoms with Crippen molar-refractivity contribution in [3.05, 3.63) is 59.7 Å². The third-order valence-electron chi connectivity index (χ3n) is 4.56. The van der Waals surface area contributed by atoms with Crippen LogP contribution in [-0.4, -0.2) is 49.9 Å². The molecule has 1 unspecified atom stereocenters. The predicted molar refractivity (Wildman–Crippen MR) is 133 cm³/mol. The second kappa shape index (κ2) is 13.2. The lowest BCUT2D eigenvalue weighted by atomic mass is 10.2. The Hall–Kier alpha value is -4.92. The molecule has 0 saturated heterocycles. The zero-order valence-electron chi connectivity index (χ0n) is 19.3. The fourth-order valence-electron chi connectivity index (χ4n) is 2.83. The Kier molecular flexibility index (Phi) is 10.1. The third-order valence-corrected chi connectivity index (χ3v) is 5.49. The number of carbonyl (C=O) groups excluding carboxylic acids is 2. The second-order valence-electron chi connectivity index (χ2n) is 7.36. The van der Waals surface area contributed by atoms with E-state index in [0.717, 1.165) is 0 Å². The number of rotatable bonds is 10. The van der Waals surface area contributed by atoms with Gasteiger partial charge in [0.1, 0.15) is 6.04 Å². The molecule has 37 heavy (non-hydrogen) atoms. The number of terminal acetylenes is 1. The van der Waals surface area contributed by atoms with Crippen LogP contribution in [0.1, 0.15) is 22.3 Å². The average Bonchev–Trinajstić information content (AvgIpc) is 2.85. The Morgan fingerprint density at radius 1 is 1.16 bits per heavy atom. The first-order valence-electron chi connectivity index (χ1n) is 10.5. The summed E-state index contributed by atoms with van der Waals surface area (Å²) in [6.45, 7) is -0.334. The number of nitrogens with zero attached hydrogens (tertiary/aromatic N) is 2. The molecule has 0 fully saturated rings. The molecule has 2 amide bonds. The fourth-order valence-corrected chi connectivity index (χ4v) is 3.34. The molecule has 2 aromatic carbocycles. The molecule has 0 radical (unpaired) electrons. The van der Waals surface area contributed by atoms with Crippen LogP contribution in [0.4, 0.5) is 5.69 Å². The van der Waals surface area contributed by atoms with Crippen LogP contribution >= 0.6 is 0 Å². The number of anilines is 1. The van der Waals surface area contributed by atoms with Gasteiger partial charge in [-0.25, -0.2) is 18.5 Å². The number of carbonyl (C=O) groups is 3. The first-order valence-corrected chi connectivity index (χ1v) is 12.0. The molecular formula is C23H23N7O6S. The number of aliphatic carboxylic acids is 1. The number of amides is 2. The van der Waals surface area contributed by atoms with E-state index in [4.69, 9.17) is 21.9 Å². The summed E-state index contributed by atoms with van der Waals surface area (Å²) in [4.78, 5) is 39.3. The number of primary sulfonamides is 1. The molecule has 0 aromatic heterocycles. The molecule has 0 bridgehead atoms. The minimum Gasteiger partial charge on any atom is -0.481 e. The zero-order chi connectivity index (χ0) is 27.4. The summed E-state index contributed by atoms with van der Waals surface area (Å²) in [5.74, 6) is -0.209. The van der Waals surface area contributed by atoms with Crippen LogP contribution in [0.3, 0.4) is 0 Å². The molecule has 2 aromatic rings. The first kappa shape index (κ1) is 28.3. The second-order valence-corrected chi connectivity index (χ2v) is 8.93. The van der Waals surface area contributed by atoms with Crippen molar-refractivity contribution in [2.75, 3.05) is 11.9 Å². The number of nitriles is 1. The maximum Gasteiger partial charge on any atom is 0.306 e. The monoisotopic (exact) mass is 525 g/mol. The van der Waals surface area contributed by atoms with Crippen LogP contribution in [0.5, 0.6) is 0 Å². The largest absolute Gasteiger partial charge is 0.481 e. The quantitative estimate of drug-likeness (QED) is 0.0787. The number of hydrogen-bond acceptors (Lipinski definition) is 7. The van der Waals surface area contributed by atoms with E-state index in [1.807, 2.05) is 0 Å². The van der Waals surface area contributed by atoms with E-state index in [0.29, 0.717) is 11.3 Å². The normalized spacial score (nSPS) is 11.8. The van der Waals surface area contributed by atoms with Gasteiger partial charge in [0.05, 0.1) is 24.4 Å². The van der Waals surface area contributed by atoms with Crippen molar-refractivity contribution >= 4 is 39.5 Å². The van der Waals surface area contributed by atoms with Crippen LogP contribution in [0, 0.1) is 23.8 Å². The molecule has 0 aliphatic carbocycles. The Morgan fingerprint density at radius 3 is 2.46 bits per heavy atom. The van der Waals surface area contributed by atoms with Gasteiger partial charge in [-0.15, -0.1) is 6.42 Å². The maximum atomic E-state index is 12.5. The number of carboxylic acid groups (broad SMARTS) is 1. The molecule has 0 heterocycles. The van der Waals surface area contributed by atoms with Crippen molar-refractivity contribution < 1.29 is 27.9 Å². The molecule has 13 nitrogen and oxygen atoms in total. The lowest BCUT2D eigenvalue weighted by Crippen LogP contribution is -2.42. The highest BCUT2D eigenvalue weighted by Crippen LogP contribution is 2.12. The maximum absolute atomic E-state index is 12.5. The number of nitrogens with two attached hydrogens (primary N) is 1. The van der Waals surface area contributed by atoms with Gasteiger partial charge >= 0.3 is 5.97 Å². The summed E-state index contributed by atoms with van der Waals surface area (Å²) in [6, 6.07) is 10.9. The lowest BCUT2D eigenvalue weighted by molar-refractivity contribution is -0.137. The van der Waals surface area contributed by atoms with E-state index in [1.54, 1.807) is 18.3 Å². The van der Waals surface area contributed by atoms with Gasteiger partial charge in [-0.3, -0.25) is 19.7 Å². The topological polar surface area (TPSA) is 216 Å². The van der Waals surface area contributed by atoms with Gasteiger partial charge in [0.2, 0.25) is 21.9 Å². The highest BCUT2D eigenvalue weighted by atomic mass is 32.2. The number of carboxylic acids is 1. The number of benzene rings is 2. The number of aliphatic imine (C=N–C) groups is 1. The average molecular weight is 526 g/mol. The van der Waals surface area contributed by atoms with E-state index in [-0.39, 0.29) is 23.0 Å². The van der Waals surface area contributed by atoms with Gasteiger partial charge in [0.25, 0.3) is 5.91 Å². The van der Waals surface area contributed by atoms with Gasteiger partial charge in [-0.1, -0.05) is 24.1 Å². The molecule has 2 rings (SSSR count). The standard InChI is InChI=1S/C23H23N7O6S/c1-2-17(11-21(32)33)29-20(31)13-26-22(34)16-4-3-5-18(10-16)30-23(28-14-24)27-12-15-6-8-19(9-7-15)37(25,35)36/h1,3-10,17H,11-13H2,(H,26,34)(H,29,31)(H,32,33)(H2,25,35,36)(H2,27,28,30). The first-order chi connectivity index (χ1) is 17.5. The SMILES string of the molecule is C#CC(CC(=O)O)NC(=O)CNC(=O)c1cccc(NC(=NCc2ccc(S(N)(=O)=O)cc2)NC#N)c1. The van der Waals surface area contributed by atoms with E-state index in [2.05, 4.69) is 32.2 Å². The van der Waals surface area contributed by atoms with Crippen molar-refractivity contribution in [1.29, 1.82) is 5.26 Å². The molecular weight excluding hydrogens is 502 g/mol. The Balaban J connectivity index is 2.02. The predicted octanol–water partition coefficient (Wildman–Crippen LogP) is -0.305. The number of sulfonamides is 1. The summed E-state index contributed by atoms with van der Waals surface area (Å²) >= 11 is 0. The van der Waals surface area contributed by atoms with Crippen LogP contribution in [0.25, 0.3) is 0 Å². The van der Waals surface area contributed by atoms with Crippen LogP contribution in [-0.2, 0) is 26.2 Å². The van der Waals surface area contributed by atoms with E-state index in [1.165, 1.54) is 36.4 Å². The van der Waals surface area contributed by atoms with Gasteiger partial charge in [-0.2, -0.15) is 5.26 Å². The van der Waals surface area contributed by atoms with Crippen LogP contribution in [0.15, 0.2) is 58.4 Å². The number of guanidine groups is 1. The molecule has 0 aliphatic rings. The molecule has 7 N–H and O–H groups in total. The minimum atomic E-state index is -3.82. The molecule has 0 spiro atoms.